The zero-order valence-electron chi connectivity index (χ0n) is 12.3. The topological polar surface area (TPSA) is 29.5 Å². The van der Waals surface area contributed by atoms with Crippen LogP contribution < -0.4 is 4.74 Å². The van der Waals surface area contributed by atoms with Gasteiger partial charge in [-0.3, -0.25) is 0 Å². The molecule has 0 aliphatic heterocycles. The summed E-state index contributed by atoms with van der Waals surface area (Å²) in [6, 6.07) is 5.73. The zero-order valence-corrected chi connectivity index (χ0v) is 12.3. The Balaban J connectivity index is 2.85. The maximum Gasteiger partial charge on any atom is 0.161 e. The highest BCUT2D eigenvalue weighted by atomic mass is 16.5. The molecule has 0 radical (unpaired) electrons. The number of phenols is 1. The molecule has 102 valence electrons. The van der Waals surface area contributed by atoms with E-state index in [0.717, 1.165) is 24.8 Å². The predicted octanol–water partition coefficient (Wildman–Crippen LogP) is 4.65. The molecule has 18 heavy (non-hydrogen) atoms. The molecule has 2 nitrogen and oxygen atoms in total. The van der Waals surface area contributed by atoms with Crippen LogP contribution in [-0.4, -0.2) is 11.2 Å². The van der Waals surface area contributed by atoms with Crippen LogP contribution >= 0.6 is 0 Å². The molecule has 1 N–H and O–H groups in total. The second-order valence-electron chi connectivity index (χ2n) is 5.87. The minimum absolute atomic E-state index is 0.0452. The average Bonchev–Trinajstić information content (AvgIpc) is 2.29. The summed E-state index contributed by atoms with van der Waals surface area (Å²) in [4.78, 5) is 0. The number of benzene rings is 1. The third-order valence-electron chi connectivity index (χ3n) is 3.18. The monoisotopic (exact) mass is 250 g/mol. The molecule has 1 aromatic rings. The third kappa shape index (κ3) is 3.94. The molecular formula is C16H26O2. The summed E-state index contributed by atoms with van der Waals surface area (Å²) in [6.07, 6.45) is 3.28. The van der Waals surface area contributed by atoms with Crippen molar-refractivity contribution in [2.24, 2.45) is 0 Å². The van der Waals surface area contributed by atoms with Gasteiger partial charge in [0.15, 0.2) is 11.5 Å². The molecule has 0 aromatic heterocycles. The minimum Gasteiger partial charge on any atom is -0.504 e. The smallest absolute Gasteiger partial charge is 0.161 e. The highest BCUT2D eigenvalue weighted by Crippen LogP contribution is 2.33. The standard InChI is InChI=1S/C16H26O2/c1-6-8-13(7-2)18-15-10-9-12(11-14(15)17)16(3,4)5/h9-11,13,17H,6-8H2,1-5H3. The Morgan fingerprint density at radius 1 is 1.22 bits per heavy atom. The highest BCUT2D eigenvalue weighted by molar-refractivity contribution is 5.43. The number of phenolic OH excluding ortho intramolecular Hbond substituents is 1. The Morgan fingerprint density at radius 2 is 1.89 bits per heavy atom. The molecule has 0 amide bonds. The van der Waals surface area contributed by atoms with Crippen molar-refractivity contribution in [3.05, 3.63) is 23.8 Å². The van der Waals surface area contributed by atoms with Crippen LogP contribution in [0.2, 0.25) is 0 Å². The fourth-order valence-corrected chi connectivity index (χ4v) is 1.93. The van der Waals surface area contributed by atoms with E-state index in [2.05, 4.69) is 34.6 Å². The van der Waals surface area contributed by atoms with Gasteiger partial charge < -0.3 is 9.84 Å². The highest BCUT2D eigenvalue weighted by Gasteiger charge is 2.17. The summed E-state index contributed by atoms with van der Waals surface area (Å²) >= 11 is 0. The summed E-state index contributed by atoms with van der Waals surface area (Å²) in [7, 11) is 0. The summed E-state index contributed by atoms with van der Waals surface area (Å²) in [6.45, 7) is 10.7. The summed E-state index contributed by atoms with van der Waals surface area (Å²) < 4.78 is 5.85. The SMILES string of the molecule is CCCC(CC)Oc1ccc(C(C)(C)C)cc1O. The lowest BCUT2D eigenvalue weighted by atomic mass is 9.87. The van der Waals surface area contributed by atoms with E-state index in [1.54, 1.807) is 0 Å². The van der Waals surface area contributed by atoms with E-state index in [1.165, 1.54) is 0 Å². The number of ether oxygens (including phenoxy) is 1. The molecule has 0 bridgehead atoms. The van der Waals surface area contributed by atoms with Crippen molar-refractivity contribution in [2.75, 3.05) is 0 Å². The van der Waals surface area contributed by atoms with Crippen LogP contribution in [0.15, 0.2) is 18.2 Å². The lowest BCUT2D eigenvalue weighted by molar-refractivity contribution is 0.179. The van der Waals surface area contributed by atoms with Gasteiger partial charge in [0, 0.05) is 0 Å². The van der Waals surface area contributed by atoms with Crippen LogP contribution in [0.25, 0.3) is 0 Å². The maximum absolute atomic E-state index is 10.0. The van der Waals surface area contributed by atoms with Gasteiger partial charge in [-0.15, -0.1) is 0 Å². The summed E-state index contributed by atoms with van der Waals surface area (Å²) in [5.74, 6) is 0.847. The summed E-state index contributed by atoms with van der Waals surface area (Å²) in [5.41, 5.74) is 1.17. The van der Waals surface area contributed by atoms with Gasteiger partial charge in [-0.1, -0.05) is 47.1 Å². The fraction of sp³-hybridized carbons (Fsp3) is 0.625. The normalized spacial score (nSPS) is 13.4. The molecule has 0 aliphatic carbocycles. The summed E-state index contributed by atoms with van der Waals surface area (Å²) in [5, 5.41) is 10.0. The Morgan fingerprint density at radius 3 is 2.33 bits per heavy atom. The molecule has 0 fully saturated rings. The third-order valence-corrected chi connectivity index (χ3v) is 3.18. The van der Waals surface area contributed by atoms with Gasteiger partial charge in [-0.25, -0.2) is 0 Å². The van der Waals surface area contributed by atoms with Gasteiger partial charge in [-0.05, 0) is 36.0 Å². The first-order valence-electron chi connectivity index (χ1n) is 6.88. The molecule has 0 saturated heterocycles. The van der Waals surface area contributed by atoms with Gasteiger partial charge in [0.1, 0.15) is 0 Å². The van der Waals surface area contributed by atoms with Crippen molar-refractivity contribution < 1.29 is 9.84 Å². The van der Waals surface area contributed by atoms with Crippen LogP contribution in [0.4, 0.5) is 0 Å². The molecule has 0 spiro atoms. The van der Waals surface area contributed by atoms with E-state index in [1.807, 2.05) is 18.2 Å². The van der Waals surface area contributed by atoms with E-state index in [0.29, 0.717) is 5.75 Å². The number of rotatable bonds is 5. The van der Waals surface area contributed by atoms with E-state index >= 15 is 0 Å². The Hall–Kier alpha value is -1.18. The van der Waals surface area contributed by atoms with Crippen molar-refractivity contribution >= 4 is 0 Å². The van der Waals surface area contributed by atoms with Crippen molar-refractivity contribution in [1.82, 2.24) is 0 Å². The van der Waals surface area contributed by atoms with Crippen molar-refractivity contribution in [3.63, 3.8) is 0 Å². The lowest BCUT2D eigenvalue weighted by Gasteiger charge is -2.22. The largest absolute Gasteiger partial charge is 0.504 e. The maximum atomic E-state index is 10.0. The Labute approximate surface area is 111 Å². The second kappa shape index (κ2) is 6.12. The molecular weight excluding hydrogens is 224 g/mol. The molecule has 1 aromatic carbocycles. The van der Waals surface area contributed by atoms with Gasteiger partial charge in [-0.2, -0.15) is 0 Å². The molecule has 2 heteroatoms. The molecule has 0 heterocycles. The van der Waals surface area contributed by atoms with Crippen LogP contribution in [0.3, 0.4) is 0 Å². The van der Waals surface area contributed by atoms with Gasteiger partial charge >= 0.3 is 0 Å². The zero-order chi connectivity index (χ0) is 13.8. The first kappa shape index (κ1) is 14.9. The Bertz CT molecular complexity index is 377. The van der Waals surface area contributed by atoms with Gasteiger partial charge in [0.2, 0.25) is 0 Å². The van der Waals surface area contributed by atoms with E-state index in [4.69, 9.17) is 4.74 Å². The number of aromatic hydroxyl groups is 1. The predicted molar refractivity (Wildman–Crippen MR) is 76.4 cm³/mol. The van der Waals surface area contributed by atoms with Crippen LogP contribution in [0.5, 0.6) is 11.5 Å². The van der Waals surface area contributed by atoms with Crippen molar-refractivity contribution in [1.29, 1.82) is 0 Å². The van der Waals surface area contributed by atoms with E-state index < -0.39 is 0 Å². The molecule has 0 saturated carbocycles. The first-order chi connectivity index (χ1) is 8.38. The van der Waals surface area contributed by atoms with Crippen LogP contribution in [0.1, 0.15) is 59.4 Å². The Kier molecular flexibility index (Phi) is 5.06. The lowest BCUT2D eigenvalue weighted by Crippen LogP contribution is -2.15. The second-order valence-corrected chi connectivity index (χ2v) is 5.87. The molecule has 1 unspecified atom stereocenters. The van der Waals surface area contributed by atoms with Gasteiger partial charge in [0.25, 0.3) is 0 Å². The van der Waals surface area contributed by atoms with E-state index in [9.17, 15) is 5.11 Å². The molecule has 1 atom stereocenters. The fourth-order valence-electron chi connectivity index (χ4n) is 1.93. The minimum atomic E-state index is 0.0452. The average molecular weight is 250 g/mol. The van der Waals surface area contributed by atoms with Crippen LogP contribution in [-0.2, 0) is 5.41 Å². The van der Waals surface area contributed by atoms with E-state index in [-0.39, 0.29) is 17.3 Å². The quantitative estimate of drug-likeness (QED) is 0.824. The first-order valence-corrected chi connectivity index (χ1v) is 6.88. The molecule has 1 rings (SSSR count). The van der Waals surface area contributed by atoms with Crippen LogP contribution in [0, 0.1) is 0 Å². The van der Waals surface area contributed by atoms with Crippen molar-refractivity contribution in [3.8, 4) is 11.5 Å². The van der Waals surface area contributed by atoms with Crippen molar-refractivity contribution in [2.45, 2.75) is 65.4 Å². The molecule has 0 aliphatic rings. The van der Waals surface area contributed by atoms with Gasteiger partial charge in [0.05, 0.1) is 6.10 Å². The number of hydrogen-bond donors (Lipinski definition) is 1. The number of hydrogen-bond acceptors (Lipinski definition) is 2.